The largest absolute Gasteiger partial charge is 0.480 e. The molecule has 1 fully saturated rings. The number of aliphatic carboxylic acids is 1. The number of hydrogen-bond donors (Lipinski definition) is 2. The van der Waals surface area contributed by atoms with Crippen LogP contribution >= 0.6 is 0 Å². The van der Waals surface area contributed by atoms with Crippen LogP contribution in [-0.4, -0.2) is 35.0 Å². The Labute approximate surface area is 151 Å². The number of esters is 1. The number of allylic oxidation sites excluding steroid dienone is 3. The Kier molecular flexibility index (Phi) is 5.04. The zero-order valence-electron chi connectivity index (χ0n) is 14.4. The monoisotopic (exact) mass is 355 g/mol. The second kappa shape index (κ2) is 7.25. The van der Waals surface area contributed by atoms with Gasteiger partial charge in [-0.3, -0.25) is 14.4 Å². The number of carboxylic acid groups (broad SMARTS) is 1. The van der Waals surface area contributed by atoms with E-state index in [4.69, 9.17) is 15.6 Å². The van der Waals surface area contributed by atoms with E-state index in [1.807, 2.05) is 24.3 Å². The molecule has 0 aliphatic heterocycles. The summed E-state index contributed by atoms with van der Waals surface area (Å²) in [6.45, 7) is 1.47. The van der Waals surface area contributed by atoms with E-state index in [0.29, 0.717) is 24.0 Å². The van der Waals surface area contributed by atoms with Crippen LogP contribution in [0.15, 0.2) is 53.6 Å². The lowest BCUT2D eigenvalue weighted by Gasteiger charge is -2.20. The van der Waals surface area contributed by atoms with Gasteiger partial charge in [-0.25, -0.2) is 0 Å². The highest BCUT2D eigenvalue weighted by atomic mass is 16.5. The van der Waals surface area contributed by atoms with Gasteiger partial charge in [0.15, 0.2) is 5.78 Å². The lowest BCUT2D eigenvalue weighted by molar-refractivity contribution is -0.156. The molecular weight excluding hydrogens is 334 g/mol. The topological polar surface area (TPSA) is 107 Å². The van der Waals surface area contributed by atoms with Crippen LogP contribution in [0.1, 0.15) is 30.1 Å². The molecule has 0 radical (unpaired) electrons. The molecule has 4 atom stereocenters. The van der Waals surface area contributed by atoms with Gasteiger partial charge in [0.1, 0.15) is 12.1 Å². The molecule has 2 aliphatic carbocycles. The SMILES string of the molecule is C[C@@H](OC(=O)C1CCC2C(C(=O)c3ccccc3)=CC=C12)[C@H](N)C(=O)O. The summed E-state index contributed by atoms with van der Waals surface area (Å²) in [4.78, 5) is 36.1. The van der Waals surface area contributed by atoms with E-state index in [2.05, 4.69) is 0 Å². The van der Waals surface area contributed by atoms with Crippen LogP contribution in [0.4, 0.5) is 0 Å². The van der Waals surface area contributed by atoms with Crippen LogP contribution in [0.2, 0.25) is 0 Å². The Morgan fingerprint density at radius 3 is 2.50 bits per heavy atom. The maximum absolute atomic E-state index is 12.7. The molecule has 0 saturated heterocycles. The zero-order chi connectivity index (χ0) is 18.8. The predicted octanol–water partition coefficient (Wildman–Crippen LogP) is 2.11. The van der Waals surface area contributed by atoms with Crippen molar-refractivity contribution in [2.75, 3.05) is 0 Å². The molecule has 0 spiro atoms. The normalized spacial score (nSPS) is 23.5. The van der Waals surface area contributed by atoms with E-state index in [-0.39, 0.29) is 11.7 Å². The van der Waals surface area contributed by atoms with Gasteiger partial charge >= 0.3 is 11.9 Å². The van der Waals surface area contributed by atoms with Gasteiger partial charge in [-0.1, -0.05) is 42.5 Å². The van der Waals surface area contributed by atoms with Gasteiger partial charge in [-0.2, -0.15) is 0 Å². The minimum atomic E-state index is -1.26. The van der Waals surface area contributed by atoms with Crippen molar-refractivity contribution in [3.63, 3.8) is 0 Å². The van der Waals surface area contributed by atoms with Gasteiger partial charge in [0, 0.05) is 17.1 Å². The van der Waals surface area contributed by atoms with Gasteiger partial charge in [-0.05, 0) is 25.3 Å². The fraction of sp³-hybridized carbons (Fsp3) is 0.350. The first kappa shape index (κ1) is 18.1. The molecule has 3 rings (SSSR count). The first-order valence-corrected chi connectivity index (χ1v) is 8.60. The van der Waals surface area contributed by atoms with Gasteiger partial charge in [0.2, 0.25) is 0 Å². The standard InChI is InChI=1S/C20H21NO5/c1-11(17(21)19(23)24)26-20(25)16-10-8-13-14(16)7-9-15(13)18(22)12-5-3-2-4-6-12/h2-7,9,11,13,16-17H,8,10,21H2,1H3,(H,23,24)/t11-,13?,16?,17+/m1/s1. The Hall–Kier alpha value is -2.73. The molecule has 136 valence electrons. The predicted molar refractivity (Wildman–Crippen MR) is 94.3 cm³/mol. The Bertz CT molecular complexity index is 796. The summed E-state index contributed by atoms with van der Waals surface area (Å²) >= 11 is 0. The van der Waals surface area contributed by atoms with Crippen LogP contribution in [-0.2, 0) is 14.3 Å². The minimum absolute atomic E-state index is 0.0304. The number of hydrogen-bond acceptors (Lipinski definition) is 5. The highest BCUT2D eigenvalue weighted by Gasteiger charge is 2.42. The molecule has 1 saturated carbocycles. The minimum Gasteiger partial charge on any atom is -0.480 e. The van der Waals surface area contributed by atoms with Crippen LogP contribution in [0, 0.1) is 11.8 Å². The van der Waals surface area contributed by atoms with E-state index < -0.39 is 30.0 Å². The molecular formula is C20H21NO5. The number of carbonyl (C=O) groups is 3. The second-order valence-electron chi connectivity index (χ2n) is 6.67. The number of Topliss-reactive ketones (excluding diaryl/α,β-unsaturated/α-hetero) is 1. The van der Waals surface area contributed by atoms with Crippen molar-refractivity contribution in [2.45, 2.75) is 31.9 Å². The number of carbonyl (C=O) groups excluding carboxylic acids is 2. The third-order valence-electron chi connectivity index (χ3n) is 5.06. The van der Waals surface area contributed by atoms with Gasteiger partial charge in [-0.15, -0.1) is 0 Å². The first-order valence-electron chi connectivity index (χ1n) is 8.60. The second-order valence-corrected chi connectivity index (χ2v) is 6.67. The average molecular weight is 355 g/mol. The third-order valence-corrected chi connectivity index (χ3v) is 5.06. The number of rotatable bonds is 6. The van der Waals surface area contributed by atoms with E-state index >= 15 is 0 Å². The highest BCUT2D eigenvalue weighted by Crippen LogP contribution is 2.45. The highest BCUT2D eigenvalue weighted by molar-refractivity contribution is 6.10. The molecule has 6 nitrogen and oxygen atoms in total. The summed E-state index contributed by atoms with van der Waals surface area (Å²) in [6.07, 6.45) is 3.95. The third kappa shape index (κ3) is 3.32. The maximum Gasteiger partial charge on any atom is 0.324 e. The lowest BCUT2D eigenvalue weighted by atomic mass is 9.90. The number of carboxylic acids is 1. The summed E-state index contributed by atoms with van der Waals surface area (Å²) < 4.78 is 5.25. The molecule has 26 heavy (non-hydrogen) atoms. The van der Waals surface area contributed by atoms with Gasteiger partial charge < -0.3 is 15.6 Å². The number of ether oxygens (including phenoxy) is 1. The zero-order valence-corrected chi connectivity index (χ0v) is 14.4. The fourth-order valence-electron chi connectivity index (χ4n) is 3.56. The molecule has 0 aromatic heterocycles. The summed E-state index contributed by atoms with van der Waals surface area (Å²) in [5.41, 5.74) is 7.68. The molecule has 6 heteroatoms. The Morgan fingerprint density at radius 1 is 1.15 bits per heavy atom. The molecule has 1 aromatic rings. The van der Waals surface area contributed by atoms with E-state index in [1.165, 1.54) is 6.92 Å². The van der Waals surface area contributed by atoms with E-state index in [9.17, 15) is 14.4 Å². The van der Waals surface area contributed by atoms with Gasteiger partial charge in [0.25, 0.3) is 0 Å². The molecule has 3 N–H and O–H groups in total. The van der Waals surface area contributed by atoms with Crippen molar-refractivity contribution in [1.29, 1.82) is 0 Å². The number of ketones is 1. The van der Waals surface area contributed by atoms with Crippen molar-refractivity contribution in [2.24, 2.45) is 17.6 Å². The summed E-state index contributed by atoms with van der Waals surface area (Å²) in [5, 5.41) is 8.91. The summed E-state index contributed by atoms with van der Waals surface area (Å²) in [6, 6.07) is 7.78. The molecule has 0 bridgehead atoms. The maximum atomic E-state index is 12.7. The Balaban J connectivity index is 1.67. The van der Waals surface area contributed by atoms with E-state index in [0.717, 1.165) is 5.57 Å². The molecule has 1 aromatic carbocycles. The lowest BCUT2D eigenvalue weighted by Crippen LogP contribution is -2.43. The molecule has 0 amide bonds. The van der Waals surface area contributed by atoms with Crippen molar-refractivity contribution < 1.29 is 24.2 Å². The van der Waals surface area contributed by atoms with Crippen molar-refractivity contribution in [3.05, 3.63) is 59.2 Å². The summed E-state index contributed by atoms with van der Waals surface area (Å²) in [7, 11) is 0. The van der Waals surface area contributed by atoms with E-state index in [1.54, 1.807) is 18.2 Å². The van der Waals surface area contributed by atoms with Crippen LogP contribution in [0.5, 0.6) is 0 Å². The van der Waals surface area contributed by atoms with Crippen molar-refractivity contribution in [1.82, 2.24) is 0 Å². The van der Waals surface area contributed by atoms with Crippen LogP contribution in [0.3, 0.4) is 0 Å². The average Bonchev–Trinajstić information content (AvgIpc) is 3.22. The molecule has 2 unspecified atom stereocenters. The number of benzene rings is 1. The van der Waals surface area contributed by atoms with Crippen molar-refractivity contribution in [3.8, 4) is 0 Å². The number of nitrogens with two attached hydrogens (primary N) is 1. The fourth-order valence-corrected chi connectivity index (χ4v) is 3.56. The smallest absolute Gasteiger partial charge is 0.324 e. The number of fused-ring (bicyclic) bond motifs is 1. The molecule has 0 heterocycles. The first-order chi connectivity index (χ1) is 12.4. The molecule has 2 aliphatic rings. The van der Waals surface area contributed by atoms with Crippen molar-refractivity contribution >= 4 is 17.7 Å². The van der Waals surface area contributed by atoms with Crippen LogP contribution < -0.4 is 5.73 Å². The quantitative estimate of drug-likeness (QED) is 0.598. The Morgan fingerprint density at radius 2 is 1.85 bits per heavy atom. The van der Waals surface area contributed by atoms with Gasteiger partial charge in [0.05, 0.1) is 5.92 Å². The summed E-state index contributed by atoms with van der Waals surface area (Å²) in [5.74, 6) is -2.27. The van der Waals surface area contributed by atoms with Crippen LogP contribution in [0.25, 0.3) is 0 Å².